The molecular formula is C16H34O2Si. The van der Waals surface area contributed by atoms with Crippen molar-refractivity contribution in [3.8, 4) is 0 Å². The Morgan fingerprint density at radius 1 is 1.00 bits per heavy atom. The Balaban J connectivity index is 5.07. The van der Waals surface area contributed by atoms with E-state index in [9.17, 15) is 0 Å². The van der Waals surface area contributed by atoms with E-state index in [2.05, 4.69) is 54.5 Å². The van der Waals surface area contributed by atoms with Crippen LogP contribution in [0.25, 0.3) is 0 Å². The summed E-state index contributed by atoms with van der Waals surface area (Å²) in [5, 5.41) is 8.87. The van der Waals surface area contributed by atoms with Crippen molar-refractivity contribution < 1.29 is 9.53 Å². The molecule has 0 rings (SSSR count). The molecule has 1 atom stereocenters. The summed E-state index contributed by atoms with van der Waals surface area (Å²) in [5.74, 6) is 0. The van der Waals surface area contributed by atoms with Gasteiger partial charge in [-0.25, -0.2) is 0 Å². The van der Waals surface area contributed by atoms with Crippen molar-refractivity contribution in [1.29, 1.82) is 0 Å². The molecule has 2 nitrogen and oxygen atoms in total. The Bertz CT molecular complexity index is 238. The van der Waals surface area contributed by atoms with E-state index in [0.717, 1.165) is 12.8 Å². The van der Waals surface area contributed by atoms with Gasteiger partial charge in [0.25, 0.3) is 0 Å². The van der Waals surface area contributed by atoms with E-state index in [1.807, 2.05) is 6.08 Å². The van der Waals surface area contributed by atoms with E-state index in [1.165, 1.54) is 0 Å². The number of hydrogen-bond acceptors (Lipinski definition) is 2. The number of aliphatic hydroxyl groups is 1. The molecule has 0 aromatic carbocycles. The maximum Gasteiger partial charge on any atom is 0.201 e. The maximum absolute atomic E-state index is 8.87. The van der Waals surface area contributed by atoms with Crippen molar-refractivity contribution in [2.24, 2.45) is 0 Å². The largest absolute Gasteiger partial charge is 0.410 e. The van der Waals surface area contributed by atoms with Gasteiger partial charge >= 0.3 is 0 Å². The summed E-state index contributed by atoms with van der Waals surface area (Å²) >= 11 is 0. The van der Waals surface area contributed by atoms with Gasteiger partial charge in [0.1, 0.15) is 0 Å². The highest BCUT2D eigenvalue weighted by Gasteiger charge is 2.46. The van der Waals surface area contributed by atoms with Gasteiger partial charge in [0.05, 0.1) is 6.10 Å². The van der Waals surface area contributed by atoms with E-state index in [-0.39, 0.29) is 12.7 Å². The summed E-state index contributed by atoms with van der Waals surface area (Å²) in [4.78, 5) is 0. The highest BCUT2D eigenvalue weighted by Crippen LogP contribution is 2.43. The van der Waals surface area contributed by atoms with Crippen LogP contribution in [0, 0.1) is 0 Å². The summed E-state index contributed by atoms with van der Waals surface area (Å²) in [6.45, 7) is 16.3. The lowest BCUT2D eigenvalue weighted by atomic mass is 10.2. The van der Waals surface area contributed by atoms with Crippen molar-refractivity contribution in [3.63, 3.8) is 0 Å². The Labute approximate surface area is 121 Å². The molecule has 0 heterocycles. The zero-order valence-corrected chi connectivity index (χ0v) is 14.9. The minimum Gasteiger partial charge on any atom is -0.410 e. The Kier molecular flexibility index (Phi) is 8.87. The van der Waals surface area contributed by atoms with Gasteiger partial charge in [0.2, 0.25) is 8.32 Å². The van der Waals surface area contributed by atoms with Gasteiger partial charge in [-0.15, -0.1) is 0 Å². The van der Waals surface area contributed by atoms with Crippen molar-refractivity contribution in [2.75, 3.05) is 6.61 Å². The highest BCUT2D eigenvalue weighted by atomic mass is 28.4. The van der Waals surface area contributed by atoms with Crippen LogP contribution in [0.5, 0.6) is 0 Å². The molecule has 114 valence electrons. The molecule has 0 radical (unpaired) electrons. The average molecular weight is 287 g/mol. The van der Waals surface area contributed by atoms with Crippen LogP contribution in [-0.2, 0) is 4.43 Å². The van der Waals surface area contributed by atoms with Gasteiger partial charge in [-0.3, -0.25) is 0 Å². The van der Waals surface area contributed by atoms with Gasteiger partial charge in [-0.2, -0.15) is 0 Å². The summed E-state index contributed by atoms with van der Waals surface area (Å²) in [6.07, 6.45) is 6.12. The third-order valence-electron chi connectivity index (χ3n) is 4.11. The smallest absolute Gasteiger partial charge is 0.201 e. The summed E-state index contributed by atoms with van der Waals surface area (Å²) in [6, 6.07) is 0. The van der Waals surface area contributed by atoms with Gasteiger partial charge in [0, 0.05) is 6.61 Å². The van der Waals surface area contributed by atoms with Crippen LogP contribution in [0.2, 0.25) is 16.6 Å². The Morgan fingerprint density at radius 2 is 1.47 bits per heavy atom. The normalized spacial score (nSPS) is 15.1. The van der Waals surface area contributed by atoms with Crippen LogP contribution in [0.1, 0.15) is 61.3 Å². The van der Waals surface area contributed by atoms with Gasteiger partial charge in [-0.05, 0) is 29.5 Å². The molecule has 0 saturated heterocycles. The molecule has 0 saturated carbocycles. The van der Waals surface area contributed by atoms with E-state index in [4.69, 9.17) is 9.53 Å². The molecule has 0 spiro atoms. The van der Waals surface area contributed by atoms with Crippen LogP contribution >= 0.6 is 0 Å². The summed E-state index contributed by atoms with van der Waals surface area (Å²) in [5.41, 5.74) is 1.85. The minimum absolute atomic E-state index is 0.199. The predicted molar refractivity (Wildman–Crippen MR) is 87.1 cm³/mol. The van der Waals surface area contributed by atoms with Crippen LogP contribution < -0.4 is 0 Å². The van der Waals surface area contributed by atoms with Crippen molar-refractivity contribution in [2.45, 2.75) is 84.0 Å². The molecule has 0 aliphatic rings. The molecule has 1 N–H and O–H groups in total. The van der Waals surface area contributed by atoms with Crippen LogP contribution in [0.4, 0.5) is 0 Å². The summed E-state index contributed by atoms with van der Waals surface area (Å²) < 4.78 is 6.69. The zero-order chi connectivity index (χ0) is 15.1. The molecular weight excluding hydrogens is 252 g/mol. The van der Waals surface area contributed by atoms with Crippen LogP contribution in [-0.4, -0.2) is 26.1 Å². The SMILES string of the molecule is CCC(/C=C\CCO)O[Si](C(C)C)(C(C)C)C(C)C. The summed E-state index contributed by atoms with van der Waals surface area (Å²) in [7, 11) is -1.79. The topological polar surface area (TPSA) is 29.5 Å². The average Bonchev–Trinajstić information content (AvgIpc) is 2.32. The van der Waals surface area contributed by atoms with Gasteiger partial charge in [-0.1, -0.05) is 60.6 Å². The molecule has 3 heteroatoms. The second kappa shape index (κ2) is 8.93. The lowest BCUT2D eigenvalue weighted by molar-refractivity contribution is 0.211. The molecule has 0 fully saturated rings. The van der Waals surface area contributed by atoms with E-state index >= 15 is 0 Å². The van der Waals surface area contributed by atoms with Gasteiger partial charge < -0.3 is 9.53 Å². The number of hydrogen-bond donors (Lipinski definition) is 1. The molecule has 19 heavy (non-hydrogen) atoms. The van der Waals surface area contributed by atoms with E-state index < -0.39 is 8.32 Å². The first-order chi connectivity index (χ1) is 8.82. The highest BCUT2D eigenvalue weighted by molar-refractivity contribution is 6.77. The molecule has 0 amide bonds. The second-order valence-electron chi connectivity index (χ2n) is 6.32. The first kappa shape index (κ1) is 18.9. The van der Waals surface area contributed by atoms with E-state index in [1.54, 1.807) is 0 Å². The quantitative estimate of drug-likeness (QED) is 0.483. The molecule has 0 aromatic rings. The molecule has 1 unspecified atom stereocenters. The lowest BCUT2D eigenvalue weighted by Crippen LogP contribution is -2.49. The lowest BCUT2D eigenvalue weighted by Gasteiger charge is -2.44. The van der Waals surface area contributed by atoms with Crippen LogP contribution in [0.15, 0.2) is 12.2 Å². The van der Waals surface area contributed by atoms with Crippen molar-refractivity contribution >= 4 is 8.32 Å². The van der Waals surface area contributed by atoms with Crippen molar-refractivity contribution in [1.82, 2.24) is 0 Å². The van der Waals surface area contributed by atoms with Gasteiger partial charge in [0.15, 0.2) is 0 Å². The molecule has 0 aliphatic carbocycles. The van der Waals surface area contributed by atoms with E-state index in [0.29, 0.717) is 16.6 Å². The van der Waals surface area contributed by atoms with Crippen LogP contribution in [0.3, 0.4) is 0 Å². The fourth-order valence-electron chi connectivity index (χ4n) is 3.25. The second-order valence-corrected chi connectivity index (χ2v) is 11.7. The minimum atomic E-state index is -1.79. The molecule has 0 aromatic heterocycles. The monoisotopic (exact) mass is 286 g/mol. The number of rotatable bonds is 9. The Morgan fingerprint density at radius 3 is 1.79 bits per heavy atom. The molecule has 0 bridgehead atoms. The zero-order valence-electron chi connectivity index (χ0n) is 13.9. The van der Waals surface area contributed by atoms with Crippen molar-refractivity contribution in [3.05, 3.63) is 12.2 Å². The number of aliphatic hydroxyl groups excluding tert-OH is 1. The Hall–Kier alpha value is -0.123. The third-order valence-corrected chi connectivity index (χ3v) is 10.2. The first-order valence-corrected chi connectivity index (χ1v) is 9.92. The fraction of sp³-hybridized carbons (Fsp3) is 0.875. The first-order valence-electron chi connectivity index (χ1n) is 7.78. The fourth-order valence-corrected chi connectivity index (χ4v) is 8.84. The predicted octanol–water partition coefficient (Wildman–Crippen LogP) is 4.90. The maximum atomic E-state index is 8.87. The molecule has 0 aliphatic heterocycles. The third kappa shape index (κ3) is 5.05. The standard InChI is InChI=1S/C16H34O2Si/c1-8-16(11-9-10-12-17)18-19(13(2)3,14(4)5)15(6)7/h9,11,13-17H,8,10,12H2,1-7H3/b11-9-.